The first-order valence-electron chi connectivity index (χ1n) is 7.75. The quantitative estimate of drug-likeness (QED) is 0.660. The normalized spacial score (nSPS) is 17.8. The Balaban J connectivity index is 1.91. The number of ketones is 1. The van der Waals surface area contributed by atoms with E-state index >= 15 is 0 Å². The summed E-state index contributed by atoms with van der Waals surface area (Å²) in [5, 5.41) is 5.11. The molecule has 1 fully saturated rings. The standard InChI is InChI=1S/C20H19NO/c1-20(2)19(22)13-21(20)12-18-16-9-5-3-7-14(16)11-15-8-4-6-10-17(15)18/h3-11H,12-13H2,1-2H3. The fraction of sp³-hybridized carbons (Fsp3) is 0.250. The molecule has 22 heavy (non-hydrogen) atoms. The first kappa shape index (κ1) is 13.5. The van der Waals surface area contributed by atoms with Gasteiger partial charge in [-0.15, -0.1) is 0 Å². The van der Waals surface area contributed by atoms with Gasteiger partial charge in [-0.25, -0.2) is 0 Å². The highest BCUT2D eigenvalue weighted by Gasteiger charge is 2.44. The monoisotopic (exact) mass is 289 g/mol. The largest absolute Gasteiger partial charge is 0.296 e. The predicted octanol–water partition coefficient (Wildman–Crippen LogP) is 4.16. The Kier molecular flexibility index (Phi) is 2.85. The van der Waals surface area contributed by atoms with E-state index in [1.165, 1.54) is 27.1 Å². The molecule has 0 spiro atoms. The number of hydrogen-bond donors (Lipinski definition) is 0. The van der Waals surface area contributed by atoms with E-state index in [4.69, 9.17) is 0 Å². The molecule has 0 amide bonds. The van der Waals surface area contributed by atoms with Crippen molar-refractivity contribution in [1.82, 2.24) is 4.90 Å². The molecule has 1 saturated heterocycles. The molecular weight excluding hydrogens is 270 g/mol. The SMILES string of the molecule is CC1(C)C(=O)CN1Cc1c2ccccc2cc2ccccc12. The Morgan fingerprint density at radius 3 is 2.00 bits per heavy atom. The van der Waals surface area contributed by atoms with Gasteiger partial charge in [-0.1, -0.05) is 48.5 Å². The molecule has 1 aliphatic heterocycles. The third-order valence-electron chi connectivity index (χ3n) is 5.04. The van der Waals surface area contributed by atoms with Gasteiger partial charge in [0.25, 0.3) is 0 Å². The van der Waals surface area contributed by atoms with E-state index in [2.05, 4.69) is 59.5 Å². The predicted molar refractivity (Wildman–Crippen MR) is 91.0 cm³/mol. The van der Waals surface area contributed by atoms with Crippen LogP contribution in [-0.4, -0.2) is 22.8 Å². The lowest BCUT2D eigenvalue weighted by molar-refractivity contribution is -0.145. The number of rotatable bonds is 2. The lowest BCUT2D eigenvalue weighted by Crippen LogP contribution is -2.63. The van der Waals surface area contributed by atoms with Crippen molar-refractivity contribution >= 4 is 27.3 Å². The van der Waals surface area contributed by atoms with Gasteiger partial charge in [0, 0.05) is 6.54 Å². The number of Topliss-reactive ketones (excluding diaryl/α,β-unsaturated/α-hetero) is 1. The number of hydrogen-bond acceptors (Lipinski definition) is 2. The zero-order valence-corrected chi connectivity index (χ0v) is 13.0. The van der Waals surface area contributed by atoms with Crippen LogP contribution in [0.3, 0.4) is 0 Å². The van der Waals surface area contributed by atoms with Gasteiger partial charge in [-0.3, -0.25) is 9.69 Å². The lowest BCUT2D eigenvalue weighted by Gasteiger charge is -2.46. The number of nitrogens with zero attached hydrogens (tertiary/aromatic N) is 1. The second-order valence-electron chi connectivity index (χ2n) is 6.64. The summed E-state index contributed by atoms with van der Waals surface area (Å²) >= 11 is 0. The Labute approximate surface area is 130 Å². The van der Waals surface area contributed by atoms with Crippen molar-refractivity contribution in [3.8, 4) is 0 Å². The fourth-order valence-electron chi connectivity index (χ4n) is 3.37. The molecular formula is C20H19NO. The first-order chi connectivity index (χ1) is 10.6. The highest BCUT2D eigenvalue weighted by molar-refractivity contribution is 6.02. The van der Waals surface area contributed by atoms with Gasteiger partial charge in [-0.05, 0) is 47.0 Å². The number of benzene rings is 3. The Bertz CT molecular complexity index is 840. The van der Waals surface area contributed by atoms with Crippen LogP contribution in [0.2, 0.25) is 0 Å². The van der Waals surface area contributed by atoms with Crippen LogP contribution in [0, 0.1) is 0 Å². The molecule has 0 N–H and O–H groups in total. The van der Waals surface area contributed by atoms with Gasteiger partial charge >= 0.3 is 0 Å². The first-order valence-corrected chi connectivity index (χ1v) is 7.75. The van der Waals surface area contributed by atoms with Crippen molar-refractivity contribution in [2.75, 3.05) is 6.54 Å². The average molecular weight is 289 g/mol. The maximum Gasteiger partial charge on any atom is 0.166 e. The summed E-state index contributed by atoms with van der Waals surface area (Å²) in [5.74, 6) is 0.331. The minimum atomic E-state index is -0.335. The Morgan fingerprint density at radius 1 is 0.955 bits per heavy atom. The highest BCUT2D eigenvalue weighted by atomic mass is 16.1. The molecule has 2 heteroatoms. The van der Waals surface area contributed by atoms with Crippen LogP contribution in [0.1, 0.15) is 19.4 Å². The van der Waals surface area contributed by atoms with Crippen LogP contribution >= 0.6 is 0 Å². The molecule has 2 nitrogen and oxygen atoms in total. The van der Waals surface area contributed by atoms with E-state index in [1.807, 2.05) is 13.8 Å². The van der Waals surface area contributed by atoms with E-state index in [1.54, 1.807) is 0 Å². The second kappa shape index (κ2) is 4.65. The lowest BCUT2D eigenvalue weighted by atomic mass is 9.85. The maximum absolute atomic E-state index is 11.8. The minimum Gasteiger partial charge on any atom is -0.296 e. The summed E-state index contributed by atoms with van der Waals surface area (Å²) in [7, 11) is 0. The number of likely N-dealkylation sites (tertiary alicyclic amines) is 1. The summed E-state index contributed by atoms with van der Waals surface area (Å²) in [6.45, 7) is 5.42. The van der Waals surface area contributed by atoms with Crippen molar-refractivity contribution < 1.29 is 4.79 Å². The van der Waals surface area contributed by atoms with Gasteiger partial charge in [-0.2, -0.15) is 0 Å². The molecule has 0 unspecified atom stereocenters. The van der Waals surface area contributed by atoms with E-state index in [9.17, 15) is 4.79 Å². The molecule has 1 heterocycles. The minimum absolute atomic E-state index is 0.331. The Hall–Kier alpha value is -2.19. The third kappa shape index (κ3) is 1.87. The average Bonchev–Trinajstić information content (AvgIpc) is 2.54. The van der Waals surface area contributed by atoms with E-state index in [0.29, 0.717) is 12.3 Å². The molecule has 0 bridgehead atoms. The van der Waals surface area contributed by atoms with Crippen LogP contribution in [0.4, 0.5) is 0 Å². The number of carbonyl (C=O) groups is 1. The van der Waals surface area contributed by atoms with Gasteiger partial charge in [0.2, 0.25) is 0 Å². The maximum atomic E-state index is 11.8. The molecule has 3 aromatic carbocycles. The van der Waals surface area contributed by atoms with Crippen LogP contribution in [0.25, 0.3) is 21.5 Å². The molecule has 4 rings (SSSR count). The zero-order valence-electron chi connectivity index (χ0n) is 13.0. The fourth-order valence-corrected chi connectivity index (χ4v) is 3.37. The molecule has 0 aliphatic carbocycles. The van der Waals surface area contributed by atoms with Gasteiger partial charge in [0.05, 0.1) is 12.1 Å². The zero-order chi connectivity index (χ0) is 15.3. The van der Waals surface area contributed by atoms with Crippen molar-refractivity contribution in [3.05, 3.63) is 60.2 Å². The molecule has 3 aromatic rings. The summed E-state index contributed by atoms with van der Waals surface area (Å²) in [5.41, 5.74) is 0.993. The summed E-state index contributed by atoms with van der Waals surface area (Å²) in [6, 6.07) is 19.3. The summed E-state index contributed by atoms with van der Waals surface area (Å²) in [4.78, 5) is 14.1. The Morgan fingerprint density at radius 2 is 1.50 bits per heavy atom. The molecule has 0 saturated carbocycles. The van der Waals surface area contributed by atoms with Crippen LogP contribution < -0.4 is 0 Å². The van der Waals surface area contributed by atoms with E-state index in [0.717, 1.165) is 6.54 Å². The van der Waals surface area contributed by atoms with Gasteiger partial charge < -0.3 is 0 Å². The summed E-state index contributed by atoms with van der Waals surface area (Å²) in [6.07, 6.45) is 0. The molecule has 110 valence electrons. The van der Waals surface area contributed by atoms with Crippen molar-refractivity contribution in [3.63, 3.8) is 0 Å². The number of fused-ring (bicyclic) bond motifs is 2. The van der Waals surface area contributed by atoms with Crippen LogP contribution in [0.15, 0.2) is 54.6 Å². The van der Waals surface area contributed by atoms with Gasteiger partial charge in [0.1, 0.15) is 0 Å². The molecule has 0 atom stereocenters. The van der Waals surface area contributed by atoms with Crippen molar-refractivity contribution in [1.29, 1.82) is 0 Å². The van der Waals surface area contributed by atoms with Crippen molar-refractivity contribution in [2.24, 2.45) is 0 Å². The highest BCUT2D eigenvalue weighted by Crippen LogP contribution is 2.34. The van der Waals surface area contributed by atoms with Crippen molar-refractivity contribution in [2.45, 2.75) is 25.9 Å². The third-order valence-corrected chi connectivity index (χ3v) is 5.04. The molecule has 1 aliphatic rings. The second-order valence-corrected chi connectivity index (χ2v) is 6.64. The topological polar surface area (TPSA) is 20.3 Å². The molecule has 0 aromatic heterocycles. The van der Waals surface area contributed by atoms with E-state index in [-0.39, 0.29) is 5.54 Å². The van der Waals surface area contributed by atoms with E-state index < -0.39 is 0 Å². The summed E-state index contributed by atoms with van der Waals surface area (Å²) < 4.78 is 0. The van der Waals surface area contributed by atoms with Gasteiger partial charge in [0.15, 0.2) is 5.78 Å². The smallest absolute Gasteiger partial charge is 0.166 e. The molecule has 0 radical (unpaired) electrons. The van der Waals surface area contributed by atoms with Crippen LogP contribution in [-0.2, 0) is 11.3 Å². The van der Waals surface area contributed by atoms with Crippen LogP contribution in [0.5, 0.6) is 0 Å². The number of carbonyl (C=O) groups excluding carboxylic acids is 1.